The van der Waals surface area contributed by atoms with Gasteiger partial charge in [0.25, 0.3) is 0 Å². The highest BCUT2D eigenvalue weighted by Crippen LogP contribution is 2.19. The van der Waals surface area contributed by atoms with Gasteiger partial charge >= 0.3 is 0 Å². The maximum absolute atomic E-state index is 5.79. The smallest absolute Gasteiger partial charge is 0.180 e. The maximum atomic E-state index is 5.79. The summed E-state index contributed by atoms with van der Waals surface area (Å²) in [6.07, 6.45) is 3.36. The van der Waals surface area contributed by atoms with E-state index in [0.29, 0.717) is 16.5 Å². The van der Waals surface area contributed by atoms with Crippen LogP contribution < -0.4 is 5.32 Å². The molecule has 0 aliphatic rings. The molecular formula is C11H10ClIN4. The van der Waals surface area contributed by atoms with Gasteiger partial charge < -0.3 is 5.32 Å². The molecule has 0 unspecified atom stereocenters. The molecule has 2 rings (SSSR count). The normalized spacial score (nSPS) is 10.3. The molecule has 0 saturated heterocycles. The van der Waals surface area contributed by atoms with Gasteiger partial charge in [-0.15, -0.1) is 0 Å². The molecule has 17 heavy (non-hydrogen) atoms. The zero-order valence-corrected chi connectivity index (χ0v) is 12.0. The topological polar surface area (TPSA) is 50.7 Å². The van der Waals surface area contributed by atoms with Gasteiger partial charge in [-0.05, 0) is 41.6 Å². The lowest BCUT2D eigenvalue weighted by Gasteiger charge is -2.06. The number of anilines is 1. The van der Waals surface area contributed by atoms with E-state index >= 15 is 0 Å². The van der Waals surface area contributed by atoms with E-state index in [2.05, 4.69) is 42.9 Å². The molecule has 0 radical (unpaired) electrons. The highest BCUT2D eigenvalue weighted by Gasteiger charge is 2.07. The van der Waals surface area contributed by atoms with Crippen LogP contribution in [0.4, 0.5) is 5.82 Å². The number of hydrogen-bond donors (Lipinski definition) is 1. The van der Waals surface area contributed by atoms with Crippen LogP contribution in [-0.2, 0) is 0 Å². The van der Waals surface area contributed by atoms with Crippen molar-refractivity contribution >= 4 is 40.0 Å². The monoisotopic (exact) mass is 360 g/mol. The molecule has 0 aliphatic heterocycles. The van der Waals surface area contributed by atoms with Gasteiger partial charge in [0, 0.05) is 18.9 Å². The van der Waals surface area contributed by atoms with Crippen molar-refractivity contribution in [3.63, 3.8) is 0 Å². The predicted octanol–water partition coefficient (Wildman–Crippen LogP) is 3.23. The standard InChI is InChI=1S/C11H10ClIN4/c1-2-14-10-8(13)6-16-11(17-10)9-4-3-7(12)5-15-9/h3-6H,2H2,1H3,(H,14,16,17). The lowest BCUT2D eigenvalue weighted by molar-refractivity contribution is 1.09. The Labute approximate surface area is 118 Å². The summed E-state index contributed by atoms with van der Waals surface area (Å²) in [6.45, 7) is 2.85. The molecule has 2 heterocycles. The number of nitrogens with one attached hydrogen (secondary N) is 1. The van der Waals surface area contributed by atoms with Crippen molar-refractivity contribution in [2.24, 2.45) is 0 Å². The molecular weight excluding hydrogens is 351 g/mol. The first-order valence-corrected chi connectivity index (χ1v) is 6.54. The number of nitrogens with zero attached hydrogens (tertiary/aromatic N) is 3. The van der Waals surface area contributed by atoms with Gasteiger partial charge in [0.2, 0.25) is 0 Å². The number of aromatic nitrogens is 3. The van der Waals surface area contributed by atoms with Crippen LogP contribution in [0.1, 0.15) is 6.92 Å². The summed E-state index contributed by atoms with van der Waals surface area (Å²) in [5.41, 5.74) is 0.713. The average Bonchev–Trinajstić information content (AvgIpc) is 2.33. The van der Waals surface area contributed by atoms with Crippen LogP contribution in [0, 0.1) is 3.57 Å². The molecule has 2 aromatic heterocycles. The molecule has 88 valence electrons. The molecule has 0 aliphatic carbocycles. The summed E-state index contributed by atoms with van der Waals surface area (Å²) in [7, 11) is 0. The summed E-state index contributed by atoms with van der Waals surface area (Å²) in [4.78, 5) is 12.9. The Morgan fingerprint density at radius 1 is 1.29 bits per heavy atom. The Bertz CT molecular complexity index is 515. The summed E-state index contributed by atoms with van der Waals surface area (Å²) in [5, 5.41) is 3.79. The van der Waals surface area contributed by atoms with Crippen molar-refractivity contribution in [2.75, 3.05) is 11.9 Å². The van der Waals surface area contributed by atoms with Gasteiger partial charge in [-0.2, -0.15) is 0 Å². The zero-order valence-electron chi connectivity index (χ0n) is 9.11. The van der Waals surface area contributed by atoms with Crippen molar-refractivity contribution in [2.45, 2.75) is 6.92 Å². The van der Waals surface area contributed by atoms with E-state index in [1.807, 2.05) is 6.92 Å². The minimum absolute atomic E-state index is 0.595. The van der Waals surface area contributed by atoms with Gasteiger partial charge in [0.15, 0.2) is 5.82 Å². The number of halogens is 2. The third kappa shape index (κ3) is 3.04. The second-order valence-corrected chi connectivity index (χ2v) is 4.88. The fourth-order valence-electron chi connectivity index (χ4n) is 1.29. The average molecular weight is 361 g/mol. The molecule has 4 nitrogen and oxygen atoms in total. The predicted molar refractivity (Wildman–Crippen MR) is 77.2 cm³/mol. The Kier molecular flexibility index (Phi) is 4.11. The van der Waals surface area contributed by atoms with Crippen LogP contribution in [0.2, 0.25) is 5.02 Å². The fourth-order valence-corrected chi connectivity index (χ4v) is 1.85. The van der Waals surface area contributed by atoms with Crippen LogP contribution in [0.5, 0.6) is 0 Å². The van der Waals surface area contributed by atoms with Gasteiger partial charge in [-0.25, -0.2) is 9.97 Å². The summed E-state index contributed by atoms with van der Waals surface area (Å²) >= 11 is 7.98. The minimum atomic E-state index is 0.595. The molecule has 0 spiro atoms. The Morgan fingerprint density at radius 2 is 2.12 bits per heavy atom. The van der Waals surface area contributed by atoms with Crippen molar-refractivity contribution in [1.29, 1.82) is 0 Å². The quantitative estimate of drug-likeness (QED) is 0.854. The summed E-state index contributed by atoms with van der Waals surface area (Å²) in [5.74, 6) is 1.42. The van der Waals surface area contributed by atoms with E-state index in [1.165, 1.54) is 0 Å². The molecule has 0 amide bonds. The maximum Gasteiger partial charge on any atom is 0.180 e. The molecule has 2 aromatic rings. The van der Waals surface area contributed by atoms with E-state index in [0.717, 1.165) is 15.9 Å². The fraction of sp³-hybridized carbons (Fsp3) is 0.182. The first kappa shape index (κ1) is 12.5. The molecule has 0 fully saturated rings. The molecule has 0 aromatic carbocycles. The van der Waals surface area contributed by atoms with Crippen LogP contribution in [0.3, 0.4) is 0 Å². The third-order valence-electron chi connectivity index (χ3n) is 2.04. The Hall–Kier alpha value is -0.950. The summed E-state index contributed by atoms with van der Waals surface area (Å²) in [6, 6.07) is 3.58. The lowest BCUT2D eigenvalue weighted by atomic mass is 10.3. The van der Waals surface area contributed by atoms with Crippen molar-refractivity contribution in [3.8, 4) is 11.5 Å². The number of rotatable bonds is 3. The van der Waals surface area contributed by atoms with Crippen molar-refractivity contribution in [1.82, 2.24) is 15.0 Å². The number of hydrogen-bond acceptors (Lipinski definition) is 4. The molecule has 6 heteroatoms. The molecule has 1 N–H and O–H groups in total. The first-order chi connectivity index (χ1) is 8.20. The number of pyridine rings is 1. The third-order valence-corrected chi connectivity index (χ3v) is 3.06. The minimum Gasteiger partial charge on any atom is -0.369 e. The van der Waals surface area contributed by atoms with Gasteiger partial charge in [0.05, 0.1) is 8.59 Å². The van der Waals surface area contributed by atoms with Gasteiger partial charge in [-0.3, -0.25) is 4.98 Å². The van der Waals surface area contributed by atoms with E-state index < -0.39 is 0 Å². The van der Waals surface area contributed by atoms with Crippen molar-refractivity contribution < 1.29 is 0 Å². The molecule has 0 atom stereocenters. The van der Waals surface area contributed by atoms with E-state index in [9.17, 15) is 0 Å². The molecule has 0 bridgehead atoms. The highest BCUT2D eigenvalue weighted by molar-refractivity contribution is 14.1. The van der Waals surface area contributed by atoms with Crippen LogP contribution in [-0.4, -0.2) is 21.5 Å². The second kappa shape index (κ2) is 5.59. The van der Waals surface area contributed by atoms with Crippen molar-refractivity contribution in [3.05, 3.63) is 33.1 Å². The van der Waals surface area contributed by atoms with Crippen LogP contribution >= 0.6 is 34.2 Å². The largest absolute Gasteiger partial charge is 0.369 e. The van der Waals surface area contributed by atoms with Crippen LogP contribution in [0.25, 0.3) is 11.5 Å². The SMILES string of the molecule is CCNc1nc(-c2ccc(Cl)cn2)ncc1I. The summed E-state index contributed by atoms with van der Waals surface area (Å²) < 4.78 is 0.988. The zero-order chi connectivity index (χ0) is 12.3. The van der Waals surface area contributed by atoms with Gasteiger partial charge in [0.1, 0.15) is 11.5 Å². The molecule has 0 saturated carbocycles. The highest BCUT2D eigenvalue weighted by atomic mass is 127. The van der Waals surface area contributed by atoms with E-state index in [4.69, 9.17) is 11.6 Å². The van der Waals surface area contributed by atoms with Gasteiger partial charge in [-0.1, -0.05) is 11.6 Å². The van der Waals surface area contributed by atoms with E-state index in [1.54, 1.807) is 24.5 Å². The Balaban J connectivity index is 2.39. The van der Waals surface area contributed by atoms with Crippen LogP contribution in [0.15, 0.2) is 24.5 Å². The van der Waals surface area contributed by atoms with E-state index in [-0.39, 0.29) is 0 Å². The first-order valence-electron chi connectivity index (χ1n) is 5.09. The second-order valence-electron chi connectivity index (χ2n) is 3.28. The lowest BCUT2D eigenvalue weighted by Crippen LogP contribution is -2.04. The Morgan fingerprint density at radius 3 is 2.76 bits per heavy atom.